The molecule has 0 aliphatic heterocycles. The quantitative estimate of drug-likeness (QED) is 0.811. The zero-order chi connectivity index (χ0) is 14.5. The van der Waals surface area contributed by atoms with E-state index >= 15 is 0 Å². The number of hydrogen-bond acceptors (Lipinski definition) is 8. The third kappa shape index (κ3) is 3.61. The Morgan fingerprint density at radius 1 is 1.15 bits per heavy atom. The highest BCUT2D eigenvalue weighted by molar-refractivity contribution is 4.92. The number of aromatic nitrogens is 4. The molecule has 110 valence electrons. The lowest BCUT2D eigenvalue weighted by atomic mass is 10.2. The Hall–Kier alpha value is -1.80. The molecule has 0 fully saturated rings. The van der Waals surface area contributed by atoms with Crippen LogP contribution in [0.15, 0.2) is 9.05 Å². The largest absolute Gasteiger partial charge is 0.388 e. The van der Waals surface area contributed by atoms with Crippen LogP contribution >= 0.6 is 0 Å². The minimum absolute atomic E-state index is 0.0738. The normalized spacial score (nSPS) is 13.1. The fourth-order valence-electron chi connectivity index (χ4n) is 1.49. The van der Waals surface area contributed by atoms with Gasteiger partial charge >= 0.3 is 0 Å². The van der Waals surface area contributed by atoms with E-state index in [2.05, 4.69) is 20.3 Å². The van der Waals surface area contributed by atoms with E-state index in [0.29, 0.717) is 24.2 Å². The van der Waals surface area contributed by atoms with Gasteiger partial charge in [-0.05, 0) is 0 Å². The van der Waals surface area contributed by atoms with Crippen LogP contribution in [0.2, 0.25) is 0 Å². The molecule has 0 aliphatic carbocycles. The lowest BCUT2D eigenvalue weighted by Gasteiger charge is -2.05. The van der Waals surface area contributed by atoms with Gasteiger partial charge in [0, 0.05) is 5.92 Å². The zero-order valence-electron chi connectivity index (χ0n) is 11.7. The van der Waals surface area contributed by atoms with Crippen molar-refractivity contribution < 1.29 is 18.9 Å². The van der Waals surface area contributed by atoms with Gasteiger partial charge in [0.25, 0.3) is 5.89 Å². The van der Waals surface area contributed by atoms with Gasteiger partial charge in [-0.1, -0.05) is 31.1 Å². The Labute approximate surface area is 116 Å². The van der Waals surface area contributed by atoms with E-state index in [1.807, 2.05) is 20.8 Å². The first kappa shape index (κ1) is 14.6. The third-order valence-corrected chi connectivity index (χ3v) is 2.64. The molecular formula is C12H18N4O4. The van der Waals surface area contributed by atoms with Crippen molar-refractivity contribution >= 4 is 0 Å². The number of ether oxygens (including phenoxy) is 1. The summed E-state index contributed by atoms with van der Waals surface area (Å²) < 4.78 is 15.6. The van der Waals surface area contributed by atoms with Gasteiger partial charge in [-0.3, -0.25) is 0 Å². The molecule has 2 aromatic heterocycles. The van der Waals surface area contributed by atoms with E-state index in [9.17, 15) is 0 Å². The second-order valence-electron chi connectivity index (χ2n) is 4.82. The number of nitrogens with zero attached hydrogens (tertiary/aromatic N) is 4. The van der Waals surface area contributed by atoms with Gasteiger partial charge in [-0.15, -0.1) is 0 Å². The Bertz CT molecular complexity index is 537. The molecule has 0 bridgehead atoms. The maximum absolute atomic E-state index is 8.86. The highest BCUT2D eigenvalue weighted by Crippen LogP contribution is 2.15. The summed E-state index contributed by atoms with van der Waals surface area (Å²) in [6.45, 7) is 6.26. The van der Waals surface area contributed by atoms with Crippen LogP contribution in [0.5, 0.6) is 0 Å². The summed E-state index contributed by atoms with van der Waals surface area (Å²) in [7, 11) is 0. The lowest BCUT2D eigenvalue weighted by Crippen LogP contribution is -2.05. The van der Waals surface area contributed by atoms with Crippen LogP contribution in [0.3, 0.4) is 0 Å². The molecule has 8 heteroatoms. The molecule has 0 saturated carbocycles. The average Bonchev–Trinajstić information content (AvgIpc) is 3.07. The maximum atomic E-state index is 8.86. The van der Waals surface area contributed by atoms with Crippen molar-refractivity contribution in [2.24, 2.45) is 0 Å². The first-order valence-corrected chi connectivity index (χ1v) is 6.43. The van der Waals surface area contributed by atoms with Crippen molar-refractivity contribution in [3.8, 4) is 0 Å². The third-order valence-electron chi connectivity index (χ3n) is 2.64. The molecule has 20 heavy (non-hydrogen) atoms. The Kier molecular flexibility index (Phi) is 4.80. The molecule has 2 aromatic rings. The van der Waals surface area contributed by atoms with E-state index in [-0.39, 0.29) is 30.9 Å². The van der Waals surface area contributed by atoms with E-state index in [1.54, 1.807) is 0 Å². The molecule has 1 N–H and O–H groups in total. The number of aliphatic hydroxyl groups excluding tert-OH is 1. The van der Waals surface area contributed by atoms with E-state index in [4.69, 9.17) is 18.9 Å². The summed E-state index contributed by atoms with van der Waals surface area (Å²) in [4.78, 5) is 8.23. The highest BCUT2D eigenvalue weighted by atomic mass is 16.5. The molecule has 0 aliphatic rings. The van der Waals surface area contributed by atoms with Crippen molar-refractivity contribution in [2.45, 2.75) is 45.8 Å². The molecule has 8 nitrogen and oxygen atoms in total. The van der Waals surface area contributed by atoms with Crippen LogP contribution in [0.4, 0.5) is 0 Å². The van der Waals surface area contributed by atoms with Crippen molar-refractivity contribution in [3.05, 3.63) is 23.4 Å². The van der Waals surface area contributed by atoms with Crippen LogP contribution in [-0.4, -0.2) is 32.0 Å². The summed E-state index contributed by atoms with van der Waals surface area (Å²) in [5.74, 6) is 1.97. The maximum Gasteiger partial charge on any atom is 0.252 e. The van der Waals surface area contributed by atoms with Crippen LogP contribution in [0.1, 0.15) is 56.0 Å². The monoisotopic (exact) mass is 282 g/mol. The van der Waals surface area contributed by atoms with Crippen LogP contribution in [-0.2, 0) is 18.0 Å². The van der Waals surface area contributed by atoms with Crippen LogP contribution < -0.4 is 0 Å². The molecule has 1 atom stereocenters. The Morgan fingerprint density at radius 2 is 1.95 bits per heavy atom. The standard InChI is InChI=1S/C12H18N4O4/c1-7(2)11-14-10(19-16-11)6-18-5-8(3)12-13-9(4-17)15-20-12/h7-8,17H,4-6H2,1-3H3. The van der Waals surface area contributed by atoms with Crippen molar-refractivity contribution in [1.29, 1.82) is 0 Å². The SMILES string of the molecule is CC(C)c1noc(COCC(C)c2nc(CO)no2)n1. The molecule has 0 saturated heterocycles. The van der Waals surface area contributed by atoms with Gasteiger partial charge in [0.2, 0.25) is 5.89 Å². The first-order chi connectivity index (χ1) is 9.60. The molecular weight excluding hydrogens is 264 g/mol. The lowest BCUT2D eigenvalue weighted by molar-refractivity contribution is 0.0826. The number of aliphatic hydroxyl groups is 1. The minimum atomic E-state index is -0.239. The predicted molar refractivity (Wildman–Crippen MR) is 66.7 cm³/mol. The van der Waals surface area contributed by atoms with Gasteiger partial charge in [0.15, 0.2) is 11.6 Å². The second-order valence-corrected chi connectivity index (χ2v) is 4.82. The van der Waals surface area contributed by atoms with Gasteiger partial charge < -0.3 is 18.9 Å². The number of hydrogen-bond donors (Lipinski definition) is 1. The second kappa shape index (κ2) is 6.58. The Balaban J connectivity index is 1.79. The molecule has 2 rings (SSSR count). The summed E-state index contributed by atoms with van der Waals surface area (Å²) in [6.07, 6.45) is 0. The fraction of sp³-hybridized carbons (Fsp3) is 0.667. The summed E-state index contributed by atoms with van der Waals surface area (Å²) in [5, 5.41) is 16.3. The van der Waals surface area contributed by atoms with Gasteiger partial charge in [0.05, 0.1) is 12.5 Å². The van der Waals surface area contributed by atoms with E-state index in [0.717, 1.165) is 0 Å². The first-order valence-electron chi connectivity index (χ1n) is 6.43. The molecule has 0 amide bonds. The van der Waals surface area contributed by atoms with Gasteiger partial charge in [0.1, 0.15) is 13.2 Å². The smallest absolute Gasteiger partial charge is 0.252 e. The topological polar surface area (TPSA) is 107 Å². The van der Waals surface area contributed by atoms with Crippen molar-refractivity contribution in [1.82, 2.24) is 20.3 Å². The van der Waals surface area contributed by atoms with E-state index in [1.165, 1.54) is 0 Å². The van der Waals surface area contributed by atoms with Crippen molar-refractivity contribution in [2.75, 3.05) is 6.61 Å². The molecule has 0 aromatic carbocycles. The molecule has 1 unspecified atom stereocenters. The fourth-order valence-corrected chi connectivity index (χ4v) is 1.49. The van der Waals surface area contributed by atoms with Crippen molar-refractivity contribution in [3.63, 3.8) is 0 Å². The molecule has 0 spiro atoms. The highest BCUT2D eigenvalue weighted by Gasteiger charge is 2.15. The summed E-state index contributed by atoms with van der Waals surface area (Å²) >= 11 is 0. The molecule has 0 radical (unpaired) electrons. The van der Waals surface area contributed by atoms with Gasteiger partial charge in [-0.25, -0.2) is 0 Å². The molecule has 2 heterocycles. The average molecular weight is 282 g/mol. The number of rotatable bonds is 7. The van der Waals surface area contributed by atoms with Crippen LogP contribution in [0.25, 0.3) is 0 Å². The van der Waals surface area contributed by atoms with Crippen LogP contribution in [0, 0.1) is 0 Å². The summed E-state index contributed by atoms with van der Waals surface area (Å²) in [5.41, 5.74) is 0. The zero-order valence-corrected chi connectivity index (χ0v) is 11.7. The summed E-state index contributed by atoms with van der Waals surface area (Å²) in [6, 6.07) is 0. The predicted octanol–water partition coefficient (Wildman–Crippen LogP) is 1.39. The Morgan fingerprint density at radius 3 is 2.55 bits per heavy atom. The minimum Gasteiger partial charge on any atom is -0.388 e. The van der Waals surface area contributed by atoms with Gasteiger partial charge in [-0.2, -0.15) is 9.97 Å². The van der Waals surface area contributed by atoms with E-state index < -0.39 is 0 Å².